The molecular formula is C19H20F2N4O2S. The van der Waals surface area contributed by atoms with Gasteiger partial charge in [-0.25, -0.2) is 8.78 Å². The fraction of sp³-hybridized carbons (Fsp3) is 0.579. The van der Waals surface area contributed by atoms with Crippen molar-refractivity contribution in [1.29, 1.82) is 0 Å². The summed E-state index contributed by atoms with van der Waals surface area (Å²) in [5, 5.41) is 9.78. The average Bonchev–Trinajstić information content (AvgIpc) is 3.41. The smallest absolute Gasteiger partial charge is 0.269 e. The van der Waals surface area contributed by atoms with Crippen LogP contribution in [-0.4, -0.2) is 53.4 Å². The van der Waals surface area contributed by atoms with Gasteiger partial charge in [0.15, 0.2) is 0 Å². The summed E-state index contributed by atoms with van der Waals surface area (Å²) in [6.45, 7) is -0.00237. The summed E-state index contributed by atoms with van der Waals surface area (Å²) in [6.07, 6.45) is 6.30. The third-order valence-electron chi connectivity index (χ3n) is 6.49. The van der Waals surface area contributed by atoms with Gasteiger partial charge in [0, 0.05) is 35.2 Å². The second kappa shape index (κ2) is 5.76. The molecule has 0 radical (unpaired) electrons. The molecule has 0 unspecified atom stereocenters. The number of nitrogens with one attached hydrogen (secondary N) is 2. The minimum absolute atomic E-state index is 0.0796. The molecule has 2 aromatic heterocycles. The van der Waals surface area contributed by atoms with Crippen LogP contribution in [-0.2, 0) is 11.2 Å². The molecule has 2 aromatic rings. The fourth-order valence-corrected chi connectivity index (χ4v) is 6.63. The number of aromatic amines is 1. The van der Waals surface area contributed by atoms with Crippen LogP contribution >= 0.6 is 11.3 Å². The molecule has 3 aliphatic heterocycles. The number of ether oxygens (including phenoxy) is 1. The maximum atomic E-state index is 14.7. The molecule has 4 aliphatic rings. The highest BCUT2D eigenvalue weighted by Crippen LogP contribution is 2.49. The minimum atomic E-state index is -2.84. The number of thiophene rings is 1. The number of nitrogens with zero attached hydrogens (tertiary/aromatic N) is 2. The van der Waals surface area contributed by atoms with E-state index in [1.54, 1.807) is 17.3 Å². The van der Waals surface area contributed by atoms with Gasteiger partial charge in [0.1, 0.15) is 4.88 Å². The summed E-state index contributed by atoms with van der Waals surface area (Å²) < 4.78 is 35.4. The Kier molecular flexibility index (Phi) is 3.48. The lowest BCUT2D eigenvalue weighted by atomic mass is 9.94. The minimum Gasteiger partial charge on any atom is -0.372 e. The first-order valence-corrected chi connectivity index (χ1v) is 10.5. The molecule has 9 heteroatoms. The first-order chi connectivity index (χ1) is 13.5. The van der Waals surface area contributed by atoms with Crippen molar-refractivity contribution in [2.75, 3.05) is 18.0 Å². The number of halogens is 2. The largest absolute Gasteiger partial charge is 0.372 e. The van der Waals surface area contributed by atoms with Crippen LogP contribution in [0.25, 0.3) is 10.4 Å². The van der Waals surface area contributed by atoms with Crippen molar-refractivity contribution in [3.63, 3.8) is 0 Å². The van der Waals surface area contributed by atoms with E-state index >= 15 is 0 Å². The Balaban J connectivity index is 1.42. The van der Waals surface area contributed by atoms with Crippen molar-refractivity contribution in [1.82, 2.24) is 15.5 Å². The quantitative estimate of drug-likeness (QED) is 0.805. The first-order valence-electron chi connectivity index (χ1n) is 9.72. The van der Waals surface area contributed by atoms with Gasteiger partial charge in [-0.2, -0.15) is 5.10 Å². The molecule has 2 fully saturated rings. The lowest BCUT2D eigenvalue weighted by Gasteiger charge is -2.38. The standard InChI is InChI=1S/C19H20F2N4O2S/c20-19(21)4-12-14-17(28-16(12)10-5-22-23-6-10)18(26)24-13(7-25(14)8-19)15-9-1-2-11(3-9)27-15/h5-6,9,11,13,15H,1-4,7-8H2,(H,22,23)(H,24,26)/t9-,11+,13+,15+/m0/s1. The number of hydrogen-bond acceptors (Lipinski definition) is 5. The van der Waals surface area contributed by atoms with Crippen LogP contribution in [0.15, 0.2) is 12.4 Å². The van der Waals surface area contributed by atoms with Gasteiger partial charge in [0.05, 0.1) is 36.7 Å². The number of H-pyrrole nitrogens is 1. The first kappa shape index (κ1) is 16.9. The lowest BCUT2D eigenvalue weighted by molar-refractivity contribution is -0.0187. The predicted molar refractivity (Wildman–Crippen MR) is 100 cm³/mol. The van der Waals surface area contributed by atoms with Crippen LogP contribution < -0.4 is 10.2 Å². The van der Waals surface area contributed by atoms with Crippen molar-refractivity contribution < 1.29 is 18.3 Å². The monoisotopic (exact) mass is 406 g/mol. The van der Waals surface area contributed by atoms with E-state index in [9.17, 15) is 13.6 Å². The molecule has 1 aliphatic carbocycles. The third kappa shape index (κ3) is 2.45. The summed E-state index contributed by atoms with van der Waals surface area (Å²) >= 11 is 1.28. The molecule has 1 saturated carbocycles. The molecule has 148 valence electrons. The van der Waals surface area contributed by atoms with Crippen LogP contribution in [0, 0.1) is 5.92 Å². The van der Waals surface area contributed by atoms with Crippen molar-refractivity contribution >= 4 is 22.9 Å². The van der Waals surface area contributed by atoms with Gasteiger partial charge in [0.2, 0.25) is 0 Å². The zero-order valence-electron chi connectivity index (χ0n) is 15.1. The molecule has 6 nitrogen and oxygen atoms in total. The number of anilines is 1. The average molecular weight is 406 g/mol. The van der Waals surface area contributed by atoms with Gasteiger partial charge in [-0.15, -0.1) is 11.3 Å². The molecule has 5 heterocycles. The Morgan fingerprint density at radius 1 is 1.32 bits per heavy atom. The third-order valence-corrected chi connectivity index (χ3v) is 7.76. The maximum Gasteiger partial charge on any atom is 0.269 e. The van der Waals surface area contributed by atoms with E-state index in [0.717, 1.165) is 24.8 Å². The summed E-state index contributed by atoms with van der Waals surface area (Å²) in [7, 11) is 0. The highest BCUT2D eigenvalue weighted by molar-refractivity contribution is 7.18. The Labute approximate surface area is 164 Å². The zero-order chi connectivity index (χ0) is 19.0. The van der Waals surface area contributed by atoms with Gasteiger partial charge in [-0.1, -0.05) is 0 Å². The van der Waals surface area contributed by atoms with Gasteiger partial charge in [0.25, 0.3) is 11.8 Å². The van der Waals surface area contributed by atoms with Crippen LogP contribution in [0.4, 0.5) is 14.5 Å². The molecule has 0 spiro atoms. The number of amides is 1. The van der Waals surface area contributed by atoms with Crippen molar-refractivity contribution in [2.45, 2.75) is 49.9 Å². The maximum absolute atomic E-state index is 14.7. The molecular weight excluding hydrogens is 386 g/mol. The van der Waals surface area contributed by atoms with Gasteiger partial charge in [-0.05, 0) is 25.2 Å². The van der Waals surface area contributed by atoms with E-state index < -0.39 is 5.92 Å². The van der Waals surface area contributed by atoms with E-state index in [1.165, 1.54) is 11.3 Å². The van der Waals surface area contributed by atoms with Crippen LogP contribution in [0.5, 0.6) is 0 Å². The number of rotatable bonds is 2. The van der Waals surface area contributed by atoms with E-state index in [4.69, 9.17) is 4.74 Å². The highest BCUT2D eigenvalue weighted by atomic mass is 32.1. The lowest BCUT2D eigenvalue weighted by Crippen LogP contribution is -2.53. The van der Waals surface area contributed by atoms with E-state index in [2.05, 4.69) is 15.5 Å². The molecule has 6 rings (SSSR count). The van der Waals surface area contributed by atoms with E-state index in [1.807, 2.05) is 0 Å². The zero-order valence-corrected chi connectivity index (χ0v) is 15.9. The fourth-order valence-electron chi connectivity index (χ4n) is 5.40. The number of hydrogen-bond donors (Lipinski definition) is 2. The summed E-state index contributed by atoms with van der Waals surface area (Å²) in [4.78, 5) is 16.0. The van der Waals surface area contributed by atoms with E-state index in [-0.39, 0.29) is 37.1 Å². The molecule has 1 saturated heterocycles. The summed E-state index contributed by atoms with van der Waals surface area (Å²) in [6, 6.07) is -0.262. The molecule has 0 aromatic carbocycles. The summed E-state index contributed by atoms with van der Waals surface area (Å²) in [5.74, 6) is -2.60. The number of alkyl halides is 2. The Hall–Kier alpha value is -2.00. The normalized spacial score (nSPS) is 32.9. The summed E-state index contributed by atoms with van der Waals surface area (Å²) in [5.41, 5.74) is 1.98. The molecule has 4 atom stereocenters. The van der Waals surface area contributed by atoms with Gasteiger partial charge >= 0.3 is 0 Å². The van der Waals surface area contributed by atoms with Crippen molar-refractivity contribution in [3.8, 4) is 10.4 Å². The molecule has 2 bridgehead atoms. The number of fused-ring (bicyclic) bond motifs is 2. The number of aromatic nitrogens is 2. The van der Waals surface area contributed by atoms with E-state index in [0.29, 0.717) is 33.5 Å². The number of carbonyl (C=O) groups excluding carboxylic acids is 1. The highest BCUT2D eigenvalue weighted by Gasteiger charge is 2.49. The second-order valence-electron chi connectivity index (χ2n) is 8.36. The Morgan fingerprint density at radius 2 is 2.21 bits per heavy atom. The van der Waals surface area contributed by atoms with Crippen LogP contribution in [0.3, 0.4) is 0 Å². The van der Waals surface area contributed by atoms with Gasteiger partial charge < -0.3 is 15.0 Å². The SMILES string of the molecule is O=C1N[C@@H]([C@@H]2O[C@@H]3CC[C@H]2C3)CN2CC(F)(F)Cc3c(-c4cn[nH]c4)sc1c32. The Morgan fingerprint density at radius 3 is 2.93 bits per heavy atom. The van der Waals surface area contributed by atoms with Crippen molar-refractivity contribution in [3.05, 3.63) is 22.8 Å². The molecule has 2 N–H and O–H groups in total. The van der Waals surface area contributed by atoms with Crippen molar-refractivity contribution in [2.24, 2.45) is 5.92 Å². The molecule has 1 amide bonds. The number of carbonyl (C=O) groups is 1. The molecule has 28 heavy (non-hydrogen) atoms. The second-order valence-corrected chi connectivity index (χ2v) is 9.38. The van der Waals surface area contributed by atoms with Crippen LogP contribution in [0.2, 0.25) is 0 Å². The van der Waals surface area contributed by atoms with Gasteiger partial charge in [-0.3, -0.25) is 9.89 Å². The predicted octanol–water partition coefficient (Wildman–Crippen LogP) is 2.82. The Bertz CT molecular complexity index is 944. The van der Waals surface area contributed by atoms with Crippen LogP contribution in [0.1, 0.15) is 34.5 Å². The topological polar surface area (TPSA) is 70.2 Å².